The Morgan fingerprint density at radius 1 is 1.39 bits per heavy atom. The summed E-state index contributed by atoms with van der Waals surface area (Å²) in [5, 5.41) is 3.39. The van der Waals surface area contributed by atoms with Gasteiger partial charge in [-0.1, -0.05) is 0 Å². The third kappa shape index (κ3) is 2.54. The topological polar surface area (TPSA) is 37.3 Å². The van der Waals surface area contributed by atoms with E-state index < -0.39 is 0 Å². The van der Waals surface area contributed by atoms with Gasteiger partial charge in [-0.25, -0.2) is 0 Å². The number of halogens is 1. The van der Waals surface area contributed by atoms with Gasteiger partial charge in [-0.15, -0.1) is 12.4 Å². The average Bonchev–Trinajstić information content (AvgIpc) is 2.63. The minimum absolute atomic E-state index is 0. The number of nitrogens with zero attached hydrogens (tertiary/aromatic N) is 2. The van der Waals surface area contributed by atoms with Crippen molar-refractivity contribution >= 4 is 18.3 Å². The van der Waals surface area contributed by atoms with Gasteiger partial charge in [-0.05, 0) is 32.9 Å². The molecule has 1 aliphatic rings. The molecular weight excluding hydrogens is 250 g/mol. The van der Waals surface area contributed by atoms with Gasteiger partial charge in [0, 0.05) is 37.9 Å². The molecule has 1 aromatic rings. The summed E-state index contributed by atoms with van der Waals surface area (Å²) in [4.78, 5) is 14.4. The van der Waals surface area contributed by atoms with Crippen LogP contribution >= 0.6 is 12.4 Å². The van der Waals surface area contributed by atoms with Crippen molar-refractivity contribution in [1.29, 1.82) is 0 Å². The molecule has 18 heavy (non-hydrogen) atoms. The first kappa shape index (κ1) is 15.1. The van der Waals surface area contributed by atoms with Crippen molar-refractivity contribution in [2.75, 3.05) is 13.1 Å². The summed E-state index contributed by atoms with van der Waals surface area (Å²) in [5.74, 6) is 0.140. The lowest BCUT2D eigenvalue weighted by Crippen LogP contribution is -2.57. The number of nitrogens with one attached hydrogen (secondary N) is 1. The highest BCUT2D eigenvalue weighted by atomic mass is 35.5. The van der Waals surface area contributed by atoms with Crippen molar-refractivity contribution < 1.29 is 4.79 Å². The maximum atomic E-state index is 12.5. The Morgan fingerprint density at radius 3 is 2.61 bits per heavy atom. The number of amides is 1. The second kappa shape index (κ2) is 5.76. The van der Waals surface area contributed by atoms with E-state index in [4.69, 9.17) is 0 Å². The van der Waals surface area contributed by atoms with Gasteiger partial charge < -0.3 is 14.8 Å². The highest BCUT2D eigenvalue weighted by Gasteiger charge is 2.29. The highest BCUT2D eigenvalue weighted by Crippen LogP contribution is 2.15. The van der Waals surface area contributed by atoms with Gasteiger partial charge in [0.05, 0.1) is 0 Å². The molecule has 0 bridgehead atoms. The molecule has 0 aromatic carbocycles. The fourth-order valence-corrected chi connectivity index (χ4v) is 2.32. The number of piperazine rings is 1. The third-order valence-electron chi connectivity index (χ3n) is 3.89. The second-order valence-corrected chi connectivity index (χ2v) is 4.90. The van der Waals surface area contributed by atoms with Crippen LogP contribution in [-0.4, -0.2) is 40.5 Å². The number of hydrogen-bond acceptors (Lipinski definition) is 2. The number of aromatic nitrogens is 1. The quantitative estimate of drug-likeness (QED) is 0.842. The zero-order chi connectivity index (χ0) is 12.6. The number of carbonyl (C=O) groups excluding carboxylic acids is 1. The molecule has 1 amide bonds. The smallest absolute Gasteiger partial charge is 0.270 e. The zero-order valence-corrected chi connectivity index (χ0v) is 12.3. The van der Waals surface area contributed by atoms with E-state index in [0.29, 0.717) is 6.04 Å². The van der Waals surface area contributed by atoms with Crippen LogP contribution < -0.4 is 5.32 Å². The van der Waals surface area contributed by atoms with E-state index in [1.54, 1.807) is 0 Å². The number of aryl methyl sites for hydroxylation is 1. The van der Waals surface area contributed by atoms with Gasteiger partial charge >= 0.3 is 0 Å². The van der Waals surface area contributed by atoms with E-state index in [1.807, 2.05) is 35.6 Å². The molecule has 0 saturated carbocycles. The Hall–Kier alpha value is -1.00. The molecular formula is C13H22ClN3O. The molecule has 1 aromatic heterocycles. The van der Waals surface area contributed by atoms with E-state index in [9.17, 15) is 4.79 Å². The molecule has 102 valence electrons. The number of carbonyl (C=O) groups is 1. The first-order valence-electron chi connectivity index (χ1n) is 6.19. The molecule has 2 atom stereocenters. The fourth-order valence-electron chi connectivity index (χ4n) is 2.32. The molecule has 1 saturated heterocycles. The van der Waals surface area contributed by atoms with Crippen molar-refractivity contribution in [3.05, 3.63) is 23.5 Å². The maximum Gasteiger partial charge on any atom is 0.270 e. The van der Waals surface area contributed by atoms with Gasteiger partial charge in [0.2, 0.25) is 0 Å². The van der Waals surface area contributed by atoms with Crippen LogP contribution in [-0.2, 0) is 7.05 Å². The van der Waals surface area contributed by atoms with Crippen LogP contribution in [0.25, 0.3) is 0 Å². The van der Waals surface area contributed by atoms with Gasteiger partial charge in [0.15, 0.2) is 0 Å². The van der Waals surface area contributed by atoms with Crippen molar-refractivity contribution in [2.45, 2.75) is 32.9 Å². The van der Waals surface area contributed by atoms with Crippen LogP contribution in [0, 0.1) is 6.92 Å². The minimum Gasteiger partial charge on any atom is -0.344 e. The minimum atomic E-state index is 0. The standard InChI is InChI=1S/C13H21N3O.ClH/c1-9-5-6-12(15(9)4)13(17)16-8-7-14-10(2)11(16)3;/h5-6,10-11,14H,7-8H2,1-4H3;1H. The Morgan fingerprint density at radius 2 is 2.06 bits per heavy atom. The number of hydrogen-bond donors (Lipinski definition) is 1. The summed E-state index contributed by atoms with van der Waals surface area (Å²) < 4.78 is 1.96. The van der Waals surface area contributed by atoms with E-state index in [2.05, 4.69) is 19.2 Å². The maximum absolute atomic E-state index is 12.5. The summed E-state index contributed by atoms with van der Waals surface area (Å²) >= 11 is 0. The van der Waals surface area contributed by atoms with Crippen molar-refractivity contribution in [2.24, 2.45) is 7.05 Å². The fraction of sp³-hybridized carbons (Fsp3) is 0.615. The van der Waals surface area contributed by atoms with Crippen LogP contribution in [0.3, 0.4) is 0 Å². The lowest BCUT2D eigenvalue weighted by molar-refractivity contribution is 0.0593. The summed E-state index contributed by atoms with van der Waals surface area (Å²) in [6.45, 7) is 7.90. The van der Waals surface area contributed by atoms with E-state index in [-0.39, 0.29) is 24.4 Å². The van der Waals surface area contributed by atoms with Crippen LogP contribution in [0.2, 0.25) is 0 Å². The van der Waals surface area contributed by atoms with E-state index >= 15 is 0 Å². The molecule has 1 fully saturated rings. The van der Waals surface area contributed by atoms with Gasteiger partial charge in [0.25, 0.3) is 5.91 Å². The van der Waals surface area contributed by atoms with Crippen molar-refractivity contribution in [1.82, 2.24) is 14.8 Å². The van der Waals surface area contributed by atoms with Gasteiger partial charge in [-0.2, -0.15) is 0 Å². The van der Waals surface area contributed by atoms with Gasteiger partial charge in [-0.3, -0.25) is 4.79 Å². The lowest BCUT2D eigenvalue weighted by Gasteiger charge is -2.38. The number of rotatable bonds is 1. The summed E-state index contributed by atoms with van der Waals surface area (Å²) in [7, 11) is 1.94. The van der Waals surface area contributed by atoms with Crippen LogP contribution in [0.5, 0.6) is 0 Å². The molecule has 1 aliphatic heterocycles. The average molecular weight is 272 g/mol. The monoisotopic (exact) mass is 271 g/mol. The molecule has 0 radical (unpaired) electrons. The Balaban J connectivity index is 0.00000162. The summed E-state index contributed by atoms with van der Waals surface area (Å²) in [5.41, 5.74) is 1.90. The summed E-state index contributed by atoms with van der Waals surface area (Å²) in [6, 6.07) is 4.50. The third-order valence-corrected chi connectivity index (χ3v) is 3.89. The lowest BCUT2D eigenvalue weighted by atomic mass is 10.1. The second-order valence-electron chi connectivity index (χ2n) is 4.90. The van der Waals surface area contributed by atoms with Crippen LogP contribution in [0.4, 0.5) is 0 Å². The molecule has 1 N–H and O–H groups in total. The Labute approximate surface area is 115 Å². The SMILES string of the molecule is Cc1ccc(C(=O)N2CCNC(C)C2C)n1C.Cl. The molecule has 2 rings (SSSR count). The van der Waals surface area contributed by atoms with E-state index in [0.717, 1.165) is 24.5 Å². The molecule has 2 unspecified atom stereocenters. The molecule has 5 heteroatoms. The van der Waals surface area contributed by atoms with Crippen molar-refractivity contribution in [3.8, 4) is 0 Å². The van der Waals surface area contributed by atoms with Crippen LogP contribution in [0.15, 0.2) is 12.1 Å². The first-order chi connectivity index (χ1) is 8.02. The molecule has 0 spiro atoms. The Bertz CT molecular complexity index is 430. The van der Waals surface area contributed by atoms with Crippen molar-refractivity contribution in [3.63, 3.8) is 0 Å². The van der Waals surface area contributed by atoms with E-state index in [1.165, 1.54) is 0 Å². The van der Waals surface area contributed by atoms with Gasteiger partial charge in [0.1, 0.15) is 5.69 Å². The molecule has 0 aliphatic carbocycles. The predicted molar refractivity (Wildman–Crippen MR) is 75.4 cm³/mol. The largest absolute Gasteiger partial charge is 0.344 e. The highest BCUT2D eigenvalue weighted by molar-refractivity contribution is 5.93. The summed E-state index contributed by atoms with van der Waals surface area (Å²) in [6.07, 6.45) is 0. The molecule has 2 heterocycles. The molecule has 4 nitrogen and oxygen atoms in total. The first-order valence-corrected chi connectivity index (χ1v) is 6.19. The normalized spacial score (nSPS) is 23.7. The Kier molecular flexibility index (Phi) is 4.82. The van der Waals surface area contributed by atoms with Crippen LogP contribution in [0.1, 0.15) is 30.0 Å². The zero-order valence-electron chi connectivity index (χ0n) is 11.4. The predicted octanol–water partition coefficient (Wildman–Crippen LogP) is 1.58.